The molecule has 0 saturated heterocycles. The van der Waals surface area contributed by atoms with Gasteiger partial charge in [-0.2, -0.15) is 13.2 Å². The van der Waals surface area contributed by atoms with E-state index in [9.17, 15) is 13.2 Å². The molecule has 1 aromatic carbocycles. The van der Waals surface area contributed by atoms with Crippen LogP contribution in [0, 0.1) is 0 Å². The van der Waals surface area contributed by atoms with Crippen LogP contribution in [0.1, 0.15) is 6.92 Å². The quantitative estimate of drug-likeness (QED) is 0.856. The normalized spacial score (nSPS) is 11.9. The third-order valence-electron chi connectivity index (χ3n) is 2.43. The lowest BCUT2D eigenvalue weighted by atomic mass is 10.3. The molecule has 0 fully saturated rings. The maximum atomic E-state index is 12.2. The molecule has 0 heterocycles. The summed E-state index contributed by atoms with van der Waals surface area (Å²) in [6, 6.07) is 7.10. The number of hydrogen-bond donors (Lipinski definition) is 1. The lowest BCUT2D eigenvalue weighted by Gasteiger charge is -2.22. The highest BCUT2D eigenvalue weighted by atomic mass is 35.5. The Bertz CT molecular complexity index is 369. The fourth-order valence-electron chi connectivity index (χ4n) is 1.56. The van der Waals surface area contributed by atoms with Crippen LogP contribution in [0.2, 0.25) is 5.02 Å². The predicted octanol–water partition coefficient (Wildman–Crippen LogP) is 3.64. The smallest absolute Gasteiger partial charge is 0.384 e. The summed E-state index contributed by atoms with van der Waals surface area (Å²) in [6.45, 7) is 2.00. The first-order valence-electron chi connectivity index (χ1n) is 5.69. The number of nitrogens with zero attached hydrogens (tertiary/aromatic N) is 1. The minimum Gasteiger partial charge on any atom is -0.384 e. The molecule has 102 valence electrons. The number of benzene rings is 1. The van der Waals surface area contributed by atoms with Crippen molar-refractivity contribution >= 4 is 17.3 Å². The SMILES string of the molecule is CCN(CCNc1cccc(Cl)c1)CC(F)(F)F. The van der Waals surface area contributed by atoms with E-state index in [-0.39, 0.29) is 0 Å². The Morgan fingerprint density at radius 1 is 1.33 bits per heavy atom. The van der Waals surface area contributed by atoms with Crippen molar-refractivity contribution < 1.29 is 13.2 Å². The van der Waals surface area contributed by atoms with Gasteiger partial charge in [0.1, 0.15) is 0 Å². The molecule has 0 radical (unpaired) electrons. The van der Waals surface area contributed by atoms with E-state index in [0.717, 1.165) is 5.69 Å². The van der Waals surface area contributed by atoms with E-state index in [1.165, 1.54) is 4.90 Å². The van der Waals surface area contributed by atoms with Gasteiger partial charge in [0.05, 0.1) is 6.54 Å². The summed E-state index contributed by atoms with van der Waals surface area (Å²) in [5.74, 6) is 0. The van der Waals surface area contributed by atoms with E-state index in [1.54, 1.807) is 25.1 Å². The Kier molecular flexibility index (Phi) is 5.75. The number of likely N-dealkylation sites (N-methyl/N-ethyl adjacent to an activating group) is 1. The third-order valence-corrected chi connectivity index (χ3v) is 2.67. The molecule has 0 saturated carbocycles. The molecular weight excluding hydrogens is 265 g/mol. The van der Waals surface area contributed by atoms with E-state index < -0.39 is 12.7 Å². The molecule has 0 amide bonds. The van der Waals surface area contributed by atoms with Crippen molar-refractivity contribution in [3.63, 3.8) is 0 Å². The van der Waals surface area contributed by atoms with Crippen LogP contribution in [0.4, 0.5) is 18.9 Å². The molecular formula is C12H16ClF3N2. The van der Waals surface area contributed by atoms with Crippen LogP contribution in [-0.4, -0.2) is 37.3 Å². The summed E-state index contributed by atoms with van der Waals surface area (Å²) in [5.41, 5.74) is 0.811. The van der Waals surface area contributed by atoms with Gasteiger partial charge in [0.2, 0.25) is 0 Å². The van der Waals surface area contributed by atoms with Gasteiger partial charge in [-0.15, -0.1) is 0 Å². The molecule has 6 heteroatoms. The van der Waals surface area contributed by atoms with Crippen LogP contribution in [0.5, 0.6) is 0 Å². The lowest BCUT2D eigenvalue weighted by molar-refractivity contribution is -0.145. The van der Waals surface area contributed by atoms with E-state index in [1.807, 2.05) is 6.07 Å². The molecule has 0 aliphatic carbocycles. The van der Waals surface area contributed by atoms with Gasteiger partial charge >= 0.3 is 6.18 Å². The maximum Gasteiger partial charge on any atom is 0.401 e. The van der Waals surface area contributed by atoms with Crippen molar-refractivity contribution in [3.05, 3.63) is 29.3 Å². The predicted molar refractivity (Wildman–Crippen MR) is 68.1 cm³/mol. The van der Waals surface area contributed by atoms with Gasteiger partial charge in [-0.25, -0.2) is 0 Å². The molecule has 0 aromatic heterocycles. The van der Waals surface area contributed by atoms with Gasteiger partial charge in [0.15, 0.2) is 0 Å². The Balaban J connectivity index is 2.35. The van der Waals surface area contributed by atoms with Gasteiger partial charge in [0.25, 0.3) is 0 Å². The summed E-state index contributed by atoms with van der Waals surface area (Å²) in [6.07, 6.45) is -4.15. The monoisotopic (exact) mass is 280 g/mol. The molecule has 0 unspecified atom stereocenters. The van der Waals surface area contributed by atoms with Gasteiger partial charge < -0.3 is 5.32 Å². The number of hydrogen-bond acceptors (Lipinski definition) is 2. The molecule has 1 N–H and O–H groups in total. The Hall–Kier alpha value is -0.940. The van der Waals surface area contributed by atoms with Crippen molar-refractivity contribution in [1.29, 1.82) is 0 Å². The van der Waals surface area contributed by atoms with Crippen LogP contribution < -0.4 is 5.32 Å². The number of anilines is 1. The average Bonchev–Trinajstić information content (AvgIpc) is 2.26. The molecule has 1 rings (SSSR count). The minimum atomic E-state index is -4.15. The fourth-order valence-corrected chi connectivity index (χ4v) is 1.75. The second-order valence-electron chi connectivity index (χ2n) is 3.92. The topological polar surface area (TPSA) is 15.3 Å². The number of rotatable bonds is 6. The minimum absolute atomic E-state index is 0.336. The average molecular weight is 281 g/mol. The molecule has 0 spiro atoms. The van der Waals surface area contributed by atoms with E-state index in [2.05, 4.69) is 5.32 Å². The first-order chi connectivity index (χ1) is 8.40. The largest absolute Gasteiger partial charge is 0.401 e. The van der Waals surface area contributed by atoms with Crippen molar-refractivity contribution in [2.75, 3.05) is 31.5 Å². The summed E-state index contributed by atoms with van der Waals surface area (Å²) >= 11 is 5.80. The molecule has 18 heavy (non-hydrogen) atoms. The lowest BCUT2D eigenvalue weighted by Crippen LogP contribution is -2.37. The fraction of sp³-hybridized carbons (Fsp3) is 0.500. The molecule has 0 atom stereocenters. The van der Waals surface area contributed by atoms with Crippen molar-refractivity contribution in [1.82, 2.24) is 4.90 Å². The molecule has 1 aromatic rings. The summed E-state index contributed by atoms with van der Waals surface area (Å²) in [4.78, 5) is 1.34. The van der Waals surface area contributed by atoms with E-state index >= 15 is 0 Å². The highest BCUT2D eigenvalue weighted by Gasteiger charge is 2.29. The van der Waals surface area contributed by atoms with Crippen LogP contribution in [-0.2, 0) is 0 Å². The summed E-state index contributed by atoms with van der Waals surface area (Å²) < 4.78 is 36.6. The molecule has 2 nitrogen and oxygen atoms in total. The second kappa shape index (κ2) is 6.85. The zero-order valence-electron chi connectivity index (χ0n) is 10.1. The Morgan fingerprint density at radius 3 is 2.61 bits per heavy atom. The second-order valence-corrected chi connectivity index (χ2v) is 4.36. The van der Waals surface area contributed by atoms with Crippen LogP contribution in [0.3, 0.4) is 0 Å². The molecule has 0 aliphatic heterocycles. The maximum absolute atomic E-state index is 12.2. The summed E-state index contributed by atoms with van der Waals surface area (Å²) in [5, 5.41) is 3.64. The first-order valence-corrected chi connectivity index (χ1v) is 6.07. The zero-order chi connectivity index (χ0) is 13.6. The molecule has 0 bridgehead atoms. The van der Waals surface area contributed by atoms with Crippen LogP contribution in [0.15, 0.2) is 24.3 Å². The van der Waals surface area contributed by atoms with Crippen LogP contribution in [0.25, 0.3) is 0 Å². The van der Waals surface area contributed by atoms with Gasteiger partial charge in [-0.1, -0.05) is 24.6 Å². The highest BCUT2D eigenvalue weighted by Crippen LogP contribution is 2.17. The highest BCUT2D eigenvalue weighted by molar-refractivity contribution is 6.30. The van der Waals surface area contributed by atoms with Crippen molar-refractivity contribution in [3.8, 4) is 0 Å². The van der Waals surface area contributed by atoms with Crippen LogP contribution >= 0.6 is 11.6 Å². The Labute approximate surface area is 110 Å². The number of nitrogens with one attached hydrogen (secondary N) is 1. The summed E-state index contributed by atoms with van der Waals surface area (Å²) in [7, 11) is 0. The van der Waals surface area contributed by atoms with Gasteiger partial charge in [-0.05, 0) is 24.7 Å². The Morgan fingerprint density at radius 2 is 2.06 bits per heavy atom. The third kappa shape index (κ3) is 6.12. The number of halogens is 4. The van der Waals surface area contributed by atoms with Crippen molar-refractivity contribution in [2.45, 2.75) is 13.1 Å². The number of alkyl halides is 3. The molecule has 0 aliphatic rings. The van der Waals surface area contributed by atoms with E-state index in [0.29, 0.717) is 24.7 Å². The standard InChI is InChI=1S/C12H16ClF3N2/c1-2-18(9-12(14,15)16)7-6-17-11-5-3-4-10(13)8-11/h3-5,8,17H,2,6-7,9H2,1H3. The van der Waals surface area contributed by atoms with Gasteiger partial charge in [0, 0.05) is 23.8 Å². The van der Waals surface area contributed by atoms with Gasteiger partial charge in [-0.3, -0.25) is 4.90 Å². The first kappa shape index (κ1) is 15.1. The van der Waals surface area contributed by atoms with Crippen molar-refractivity contribution in [2.24, 2.45) is 0 Å². The van der Waals surface area contributed by atoms with E-state index in [4.69, 9.17) is 11.6 Å². The zero-order valence-corrected chi connectivity index (χ0v) is 10.9.